The third-order valence-corrected chi connectivity index (χ3v) is 3.50. The Morgan fingerprint density at radius 2 is 2.23 bits per heavy atom. The molecule has 2 unspecified atom stereocenters. The zero-order chi connectivity index (χ0) is 9.64. The van der Waals surface area contributed by atoms with Crippen LogP contribution in [0, 0.1) is 5.92 Å². The van der Waals surface area contributed by atoms with Crippen molar-refractivity contribution in [3.05, 3.63) is 11.3 Å². The van der Waals surface area contributed by atoms with Gasteiger partial charge in [-0.3, -0.25) is 0 Å². The highest BCUT2D eigenvalue weighted by molar-refractivity contribution is 7.19. The van der Waals surface area contributed by atoms with Gasteiger partial charge in [0.25, 0.3) is 0 Å². The molecule has 0 aromatic heterocycles. The standard InChI is InChI=1S/C9H13O3P/c1-5-7(11-2)9(13,6-3-4-6)12-8(5)10/h6H,3-4,13H2,1-2H3. The highest BCUT2D eigenvalue weighted by Crippen LogP contribution is 2.53. The van der Waals surface area contributed by atoms with Gasteiger partial charge < -0.3 is 9.47 Å². The van der Waals surface area contributed by atoms with Crippen molar-refractivity contribution in [1.29, 1.82) is 0 Å². The van der Waals surface area contributed by atoms with E-state index in [0.29, 0.717) is 17.3 Å². The first kappa shape index (κ1) is 9.01. The topological polar surface area (TPSA) is 35.5 Å². The van der Waals surface area contributed by atoms with Gasteiger partial charge in [0.1, 0.15) is 0 Å². The first-order chi connectivity index (χ1) is 6.09. The molecule has 0 aromatic carbocycles. The number of hydrogen-bond donors (Lipinski definition) is 0. The molecule has 2 aliphatic rings. The highest BCUT2D eigenvalue weighted by atomic mass is 31.0. The summed E-state index contributed by atoms with van der Waals surface area (Å²) in [5, 5.41) is -0.560. The molecule has 4 heteroatoms. The van der Waals surface area contributed by atoms with Crippen molar-refractivity contribution < 1.29 is 14.3 Å². The predicted molar refractivity (Wildman–Crippen MR) is 51.0 cm³/mol. The zero-order valence-corrected chi connectivity index (χ0v) is 8.95. The Morgan fingerprint density at radius 1 is 1.62 bits per heavy atom. The second-order valence-corrected chi connectivity index (χ2v) is 4.47. The molecule has 3 nitrogen and oxygen atoms in total. The molecule has 1 heterocycles. The minimum absolute atomic E-state index is 0.251. The van der Waals surface area contributed by atoms with Crippen molar-refractivity contribution >= 4 is 15.2 Å². The summed E-state index contributed by atoms with van der Waals surface area (Å²) >= 11 is 0. The minimum atomic E-state index is -0.560. The molecule has 72 valence electrons. The third-order valence-electron chi connectivity index (χ3n) is 2.65. The maximum atomic E-state index is 11.3. The van der Waals surface area contributed by atoms with Crippen LogP contribution in [-0.2, 0) is 14.3 Å². The van der Waals surface area contributed by atoms with Crippen LogP contribution in [0.15, 0.2) is 11.3 Å². The van der Waals surface area contributed by atoms with E-state index in [-0.39, 0.29) is 5.97 Å². The molecule has 0 radical (unpaired) electrons. The molecular formula is C9H13O3P. The monoisotopic (exact) mass is 200 g/mol. The van der Waals surface area contributed by atoms with Crippen LogP contribution in [0.1, 0.15) is 19.8 Å². The van der Waals surface area contributed by atoms with Crippen LogP contribution in [0.4, 0.5) is 0 Å². The average molecular weight is 200 g/mol. The van der Waals surface area contributed by atoms with E-state index in [1.807, 2.05) is 0 Å². The molecule has 0 amide bonds. The van der Waals surface area contributed by atoms with Crippen LogP contribution < -0.4 is 0 Å². The highest BCUT2D eigenvalue weighted by Gasteiger charge is 2.54. The molecule has 2 atom stereocenters. The first-order valence-corrected chi connectivity index (χ1v) is 4.95. The van der Waals surface area contributed by atoms with E-state index in [1.54, 1.807) is 14.0 Å². The Hall–Kier alpha value is -0.560. The maximum absolute atomic E-state index is 11.3. The molecule has 0 saturated heterocycles. The van der Waals surface area contributed by atoms with Crippen molar-refractivity contribution in [2.75, 3.05) is 7.11 Å². The number of hydrogen-bond acceptors (Lipinski definition) is 3. The fourth-order valence-corrected chi connectivity index (χ4v) is 2.53. The normalized spacial score (nSPS) is 33.6. The van der Waals surface area contributed by atoms with Gasteiger partial charge in [0.2, 0.25) is 0 Å². The van der Waals surface area contributed by atoms with Crippen LogP contribution in [0.5, 0.6) is 0 Å². The van der Waals surface area contributed by atoms with Gasteiger partial charge in [0, 0.05) is 5.92 Å². The smallest absolute Gasteiger partial charge is 0.338 e. The van der Waals surface area contributed by atoms with Crippen LogP contribution in [0.3, 0.4) is 0 Å². The summed E-state index contributed by atoms with van der Waals surface area (Å²) in [6.07, 6.45) is 2.22. The summed E-state index contributed by atoms with van der Waals surface area (Å²) in [5.74, 6) is 0.859. The van der Waals surface area contributed by atoms with E-state index in [0.717, 1.165) is 12.8 Å². The Kier molecular flexibility index (Phi) is 1.88. The van der Waals surface area contributed by atoms with E-state index >= 15 is 0 Å². The average Bonchev–Trinajstić information content (AvgIpc) is 2.84. The molecule has 2 rings (SSSR count). The fraction of sp³-hybridized carbons (Fsp3) is 0.667. The van der Waals surface area contributed by atoms with Gasteiger partial charge in [-0.1, -0.05) is 9.24 Å². The zero-order valence-electron chi connectivity index (χ0n) is 7.79. The first-order valence-electron chi connectivity index (χ1n) is 4.37. The minimum Gasteiger partial charge on any atom is -0.496 e. The van der Waals surface area contributed by atoms with E-state index in [9.17, 15) is 4.79 Å². The Bertz CT molecular complexity index is 293. The molecule has 1 aliphatic carbocycles. The van der Waals surface area contributed by atoms with Crippen LogP contribution in [0.2, 0.25) is 0 Å². The molecule has 0 bridgehead atoms. The number of carbonyl (C=O) groups is 1. The van der Waals surface area contributed by atoms with Crippen LogP contribution >= 0.6 is 9.24 Å². The summed E-state index contributed by atoms with van der Waals surface area (Å²) in [6, 6.07) is 0. The van der Waals surface area contributed by atoms with Gasteiger partial charge in [0.05, 0.1) is 12.7 Å². The van der Waals surface area contributed by atoms with Gasteiger partial charge in [0.15, 0.2) is 11.1 Å². The van der Waals surface area contributed by atoms with Crippen molar-refractivity contribution in [2.45, 2.75) is 25.1 Å². The predicted octanol–water partition coefficient (Wildman–Crippen LogP) is 1.44. The lowest BCUT2D eigenvalue weighted by Crippen LogP contribution is -2.27. The number of cyclic esters (lactones) is 1. The van der Waals surface area contributed by atoms with E-state index in [4.69, 9.17) is 9.47 Å². The number of methoxy groups -OCH3 is 1. The van der Waals surface area contributed by atoms with Crippen LogP contribution in [-0.4, -0.2) is 18.4 Å². The molecule has 0 spiro atoms. The summed E-state index contributed by atoms with van der Waals surface area (Å²) in [4.78, 5) is 11.3. The molecule has 1 aliphatic heterocycles. The van der Waals surface area contributed by atoms with Crippen molar-refractivity contribution in [3.8, 4) is 0 Å². The SMILES string of the molecule is COC1=C(C)C(=O)OC1(P)C1CC1. The number of carbonyl (C=O) groups excluding carboxylic acids is 1. The van der Waals surface area contributed by atoms with E-state index in [1.165, 1.54) is 0 Å². The summed E-state index contributed by atoms with van der Waals surface area (Å²) in [6.45, 7) is 1.75. The van der Waals surface area contributed by atoms with Crippen molar-refractivity contribution in [2.24, 2.45) is 5.92 Å². The molecule has 1 saturated carbocycles. The molecule has 0 aromatic rings. The summed E-state index contributed by atoms with van der Waals surface area (Å²) in [5.41, 5.74) is 0.601. The maximum Gasteiger partial charge on any atom is 0.338 e. The molecule has 13 heavy (non-hydrogen) atoms. The summed E-state index contributed by atoms with van der Waals surface area (Å²) < 4.78 is 10.5. The molecular weight excluding hydrogens is 187 g/mol. The van der Waals surface area contributed by atoms with Gasteiger partial charge >= 0.3 is 5.97 Å². The van der Waals surface area contributed by atoms with E-state index in [2.05, 4.69) is 9.24 Å². The number of ether oxygens (including phenoxy) is 2. The Labute approximate surface area is 79.7 Å². The molecule has 0 N–H and O–H groups in total. The second-order valence-electron chi connectivity index (χ2n) is 3.62. The Balaban J connectivity index is 2.36. The fourth-order valence-electron chi connectivity index (χ4n) is 1.76. The van der Waals surface area contributed by atoms with Gasteiger partial charge in [-0.15, -0.1) is 0 Å². The van der Waals surface area contributed by atoms with Gasteiger partial charge in [-0.25, -0.2) is 4.79 Å². The third kappa shape index (κ3) is 1.18. The lowest BCUT2D eigenvalue weighted by molar-refractivity contribution is -0.143. The number of esters is 1. The summed E-state index contributed by atoms with van der Waals surface area (Å²) in [7, 11) is 4.20. The Morgan fingerprint density at radius 3 is 2.69 bits per heavy atom. The number of rotatable bonds is 2. The van der Waals surface area contributed by atoms with Gasteiger partial charge in [-0.2, -0.15) is 0 Å². The lowest BCUT2D eigenvalue weighted by Gasteiger charge is -2.24. The van der Waals surface area contributed by atoms with E-state index < -0.39 is 5.34 Å². The molecule has 1 fully saturated rings. The van der Waals surface area contributed by atoms with Crippen molar-refractivity contribution in [3.63, 3.8) is 0 Å². The second kappa shape index (κ2) is 2.71. The lowest BCUT2D eigenvalue weighted by atomic mass is 10.1. The largest absolute Gasteiger partial charge is 0.496 e. The quantitative estimate of drug-likeness (QED) is 0.500. The van der Waals surface area contributed by atoms with Crippen LogP contribution in [0.25, 0.3) is 0 Å². The van der Waals surface area contributed by atoms with Gasteiger partial charge in [-0.05, 0) is 19.8 Å². The van der Waals surface area contributed by atoms with Crippen molar-refractivity contribution in [1.82, 2.24) is 0 Å².